The van der Waals surface area contributed by atoms with Gasteiger partial charge in [-0.15, -0.1) is 0 Å². The highest BCUT2D eigenvalue weighted by molar-refractivity contribution is 5.93. The van der Waals surface area contributed by atoms with Gasteiger partial charge in [-0.1, -0.05) is 12.8 Å². The van der Waals surface area contributed by atoms with Gasteiger partial charge in [0.25, 0.3) is 0 Å². The molecule has 0 spiro atoms. The standard InChI is InChI=1S/C13H22N4O/c1-3-17-9-10(8-15-17)16-12(18)11-6-4-5-7-13(11,2)14/h8-9,11H,3-7,14H2,1-2H3,(H,16,18). The minimum atomic E-state index is -0.386. The van der Waals surface area contributed by atoms with Crippen LogP contribution in [0.25, 0.3) is 0 Å². The van der Waals surface area contributed by atoms with Gasteiger partial charge in [0.05, 0.1) is 17.8 Å². The Morgan fingerprint density at radius 3 is 3.06 bits per heavy atom. The Morgan fingerprint density at radius 1 is 1.67 bits per heavy atom. The Morgan fingerprint density at radius 2 is 2.44 bits per heavy atom. The number of hydrogen-bond acceptors (Lipinski definition) is 3. The Balaban J connectivity index is 2.02. The molecular formula is C13H22N4O. The molecule has 0 bridgehead atoms. The molecule has 0 saturated heterocycles. The molecule has 0 radical (unpaired) electrons. The number of nitrogens with zero attached hydrogens (tertiary/aromatic N) is 2. The van der Waals surface area contributed by atoms with Crippen molar-refractivity contribution in [2.45, 2.75) is 51.6 Å². The lowest BCUT2D eigenvalue weighted by molar-refractivity contribution is -0.122. The Labute approximate surface area is 108 Å². The fraction of sp³-hybridized carbons (Fsp3) is 0.692. The van der Waals surface area contributed by atoms with Gasteiger partial charge in [-0.3, -0.25) is 9.48 Å². The quantitative estimate of drug-likeness (QED) is 0.858. The normalized spacial score (nSPS) is 28.1. The summed E-state index contributed by atoms with van der Waals surface area (Å²) in [6.07, 6.45) is 7.51. The van der Waals surface area contributed by atoms with Gasteiger partial charge in [-0.05, 0) is 26.7 Å². The largest absolute Gasteiger partial charge is 0.325 e. The van der Waals surface area contributed by atoms with Gasteiger partial charge in [0.2, 0.25) is 5.91 Å². The van der Waals surface area contributed by atoms with Crippen LogP contribution >= 0.6 is 0 Å². The molecule has 3 N–H and O–H groups in total. The fourth-order valence-electron chi connectivity index (χ4n) is 2.62. The lowest BCUT2D eigenvalue weighted by Gasteiger charge is -2.37. The van der Waals surface area contributed by atoms with E-state index in [-0.39, 0.29) is 17.4 Å². The van der Waals surface area contributed by atoms with Crippen molar-refractivity contribution in [2.24, 2.45) is 11.7 Å². The predicted octanol–water partition coefficient (Wildman–Crippen LogP) is 1.75. The predicted molar refractivity (Wildman–Crippen MR) is 71.1 cm³/mol. The summed E-state index contributed by atoms with van der Waals surface area (Å²) in [4.78, 5) is 12.3. The molecule has 1 aliphatic rings. The van der Waals surface area contributed by atoms with Crippen molar-refractivity contribution in [2.75, 3.05) is 5.32 Å². The third-order valence-corrected chi connectivity index (χ3v) is 3.80. The molecule has 1 saturated carbocycles. The second-order valence-electron chi connectivity index (χ2n) is 5.38. The van der Waals surface area contributed by atoms with Crippen molar-refractivity contribution in [3.05, 3.63) is 12.4 Å². The van der Waals surface area contributed by atoms with E-state index in [1.807, 2.05) is 20.0 Å². The third-order valence-electron chi connectivity index (χ3n) is 3.80. The van der Waals surface area contributed by atoms with E-state index in [2.05, 4.69) is 10.4 Å². The van der Waals surface area contributed by atoms with Gasteiger partial charge in [0, 0.05) is 18.3 Å². The summed E-state index contributed by atoms with van der Waals surface area (Å²) in [6.45, 7) is 4.79. The summed E-state index contributed by atoms with van der Waals surface area (Å²) in [5.41, 5.74) is 6.59. The third kappa shape index (κ3) is 2.72. The number of nitrogens with two attached hydrogens (primary N) is 1. The first-order valence-electron chi connectivity index (χ1n) is 6.65. The van der Waals surface area contributed by atoms with Crippen molar-refractivity contribution in [1.29, 1.82) is 0 Å². The van der Waals surface area contributed by atoms with E-state index in [9.17, 15) is 4.79 Å². The molecule has 1 amide bonds. The van der Waals surface area contributed by atoms with Crippen LogP contribution in [-0.4, -0.2) is 21.2 Å². The summed E-state index contributed by atoms with van der Waals surface area (Å²) < 4.78 is 1.79. The molecule has 1 aromatic heterocycles. The van der Waals surface area contributed by atoms with E-state index in [4.69, 9.17) is 5.73 Å². The summed E-state index contributed by atoms with van der Waals surface area (Å²) in [6, 6.07) is 0. The van der Waals surface area contributed by atoms with Crippen LogP contribution < -0.4 is 11.1 Å². The lowest BCUT2D eigenvalue weighted by Crippen LogP contribution is -2.51. The maximum absolute atomic E-state index is 12.3. The zero-order chi connectivity index (χ0) is 13.2. The number of amides is 1. The Kier molecular flexibility index (Phi) is 3.71. The van der Waals surface area contributed by atoms with Gasteiger partial charge >= 0.3 is 0 Å². The van der Waals surface area contributed by atoms with Crippen molar-refractivity contribution in [1.82, 2.24) is 9.78 Å². The second kappa shape index (κ2) is 5.10. The number of anilines is 1. The molecule has 1 aromatic rings. The molecule has 1 aliphatic carbocycles. The molecule has 5 nitrogen and oxygen atoms in total. The van der Waals surface area contributed by atoms with Gasteiger partial charge in [-0.2, -0.15) is 5.10 Å². The lowest BCUT2D eigenvalue weighted by atomic mass is 9.74. The van der Waals surface area contributed by atoms with Crippen LogP contribution in [-0.2, 0) is 11.3 Å². The number of nitrogens with one attached hydrogen (secondary N) is 1. The molecular weight excluding hydrogens is 228 g/mol. The topological polar surface area (TPSA) is 72.9 Å². The number of carbonyl (C=O) groups is 1. The molecule has 18 heavy (non-hydrogen) atoms. The first kappa shape index (κ1) is 13.1. The highest BCUT2D eigenvalue weighted by Gasteiger charge is 2.37. The SMILES string of the molecule is CCn1cc(NC(=O)C2CCCCC2(C)N)cn1. The van der Waals surface area contributed by atoms with E-state index >= 15 is 0 Å². The van der Waals surface area contributed by atoms with E-state index in [0.717, 1.165) is 37.9 Å². The van der Waals surface area contributed by atoms with Crippen molar-refractivity contribution < 1.29 is 4.79 Å². The average Bonchev–Trinajstić information content (AvgIpc) is 2.76. The monoisotopic (exact) mass is 250 g/mol. The number of hydrogen-bond donors (Lipinski definition) is 2. The fourth-order valence-corrected chi connectivity index (χ4v) is 2.62. The van der Waals surface area contributed by atoms with Gasteiger partial charge in [0.1, 0.15) is 0 Å². The maximum Gasteiger partial charge on any atom is 0.229 e. The van der Waals surface area contributed by atoms with Crippen LogP contribution in [0, 0.1) is 5.92 Å². The Bertz CT molecular complexity index is 424. The first-order valence-corrected chi connectivity index (χ1v) is 6.65. The maximum atomic E-state index is 12.3. The molecule has 100 valence electrons. The Hall–Kier alpha value is -1.36. The van der Waals surface area contributed by atoms with Crippen molar-refractivity contribution in [3.63, 3.8) is 0 Å². The van der Waals surface area contributed by atoms with Gasteiger partial charge in [-0.25, -0.2) is 0 Å². The van der Waals surface area contributed by atoms with Crippen molar-refractivity contribution in [3.8, 4) is 0 Å². The average molecular weight is 250 g/mol. The summed E-state index contributed by atoms with van der Waals surface area (Å²) >= 11 is 0. The smallest absolute Gasteiger partial charge is 0.229 e. The molecule has 2 unspecified atom stereocenters. The van der Waals surface area contributed by atoms with E-state index < -0.39 is 0 Å². The minimum Gasteiger partial charge on any atom is -0.325 e. The van der Waals surface area contributed by atoms with Crippen LogP contribution in [0.3, 0.4) is 0 Å². The molecule has 2 atom stereocenters. The second-order valence-corrected chi connectivity index (χ2v) is 5.38. The number of carbonyl (C=O) groups excluding carboxylic acids is 1. The number of aromatic nitrogens is 2. The number of aryl methyl sites for hydroxylation is 1. The van der Waals surface area contributed by atoms with Crippen LogP contribution in [0.2, 0.25) is 0 Å². The van der Waals surface area contributed by atoms with Crippen LogP contribution in [0.1, 0.15) is 39.5 Å². The van der Waals surface area contributed by atoms with E-state index in [0.29, 0.717) is 0 Å². The molecule has 5 heteroatoms. The van der Waals surface area contributed by atoms with Crippen LogP contribution in [0.5, 0.6) is 0 Å². The van der Waals surface area contributed by atoms with E-state index in [1.165, 1.54) is 0 Å². The van der Waals surface area contributed by atoms with E-state index in [1.54, 1.807) is 10.9 Å². The minimum absolute atomic E-state index is 0.0235. The summed E-state index contributed by atoms with van der Waals surface area (Å²) in [7, 11) is 0. The summed E-state index contributed by atoms with van der Waals surface area (Å²) in [5.74, 6) is -0.0772. The molecule has 0 aliphatic heterocycles. The number of rotatable bonds is 3. The van der Waals surface area contributed by atoms with Gasteiger partial charge < -0.3 is 11.1 Å². The zero-order valence-electron chi connectivity index (χ0n) is 11.1. The summed E-state index contributed by atoms with van der Waals surface area (Å²) in [5, 5.41) is 7.06. The van der Waals surface area contributed by atoms with Gasteiger partial charge in [0.15, 0.2) is 0 Å². The zero-order valence-corrected chi connectivity index (χ0v) is 11.1. The van der Waals surface area contributed by atoms with Crippen LogP contribution in [0.4, 0.5) is 5.69 Å². The molecule has 1 heterocycles. The van der Waals surface area contributed by atoms with Crippen LogP contribution in [0.15, 0.2) is 12.4 Å². The molecule has 0 aromatic carbocycles. The van der Waals surface area contributed by atoms with Crippen molar-refractivity contribution >= 4 is 11.6 Å². The molecule has 2 rings (SSSR count). The molecule has 1 fully saturated rings. The first-order chi connectivity index (χ1) is 8.53. The highest BCUT2D eigenvalue weighted by Crippen LogP contribution is 2.32. The highest BCUT2D eigenvalue weighted by atomic mass is 16.2.